The Morgan fingerprint density at radius 2 is 1.77 bits per heavy atom. The van der Waals surface area contributed by atoms with Gasteiger partial charge in [0.25, 0.3) is 0 Å². The van der Waals surface area contributed by atoms with E-state index in [1.54, 1.807) is 0 Å². The van der Waals surface area contributed by atoms with Crippen LogP contribution in [0.4, 0.5) is 13.2 Å². The quantitative estimate of drug-likeness (QED) is 0.814. The van der Waals surface area contributed by atoms with Gasteiger partial charge in [-0.2, -0.15) is 18.2 Å². The molecule has 1 fully saturated rings. The molecule has 1 N–H and O–H groups in total. The zero-order chi connectivity index (χ0) is 18.9. The topological polar surface area (TPSA) is 72.3 Å². The summed E-state index contributed by atoms with van der Waals surface area (Å²) in [5, 5.41) is 9.70. The van der Waals surface area contributed by atoms with Crippen molar-refractivity contribution in [3.05, 3.63) is 40.5 Å². The third-order valence-corrected chi connectivity index (χ3v) is 4.29. The molecule has 2 aromatic rings. The van der Waals surface area contributed by atoms with Crippen molar-refractivity contribution in [2.45, 2.75) is 38.0 Å². The van der Waals surface area contributed by atoms with Crippen molar-refractivity contribution in [1.29, 1.82) is 0 Å². The molecule has 138 valence electrons. The summed E-state index contributed by atoms with van der Waals surface area (Å²) in [7, 11) is 0. The Hall–Kier alpha value is -2.35. The lowest BCUT2D eigenvalue weighted by atomic mass is 10.1. The number of carboxylic acids is 1. The zero-order valence-electron chi connectivity index (χ0n) is 13.4. The number of carbonyl (C=O) groups is 1. The van der Waals surface area contributed by atoms with Crippen molar-refractivity contribution >= 4 is 17.6 Å². The van der Waals surface area contributed by atoms with Crippen molar-refractivity contribution in [3.8, 4) is 17.3 Å². The van der Waals surface area contributed by atoms with Crippen LogP contribution in [0.2, 0.25) is 5.02 Å². The minimum atomic E-state index is -4.97. The lowest BCUT2D eigenvalue weighted by Crippen LogP contribution is -2.21. The van der Waals surface area contributed by atoms with Gasteiger partial charge in [-0.25, -0.2) is 9.78 Å². The highest BCUT2D eigenvalue weighted by Gasteiger charge is 2.41. The molecule has 9 heteroatoms. The van der Waals surface area contributed by atoms with Gasteiger partial charge in [0.15, 0.2) is 17.1 Å². The van der Waals surface area contributed by atoms with Crippen LogP contribution >= 0.6 is 11.6 Å². The molecule has 0 radical (unpaired) electrons. The molecule has 1 aromatic heterocycles. The maximum Gasteiger partial charge on any atom is 0.434 e. The summed E-state index contributed by atoms with van der Waals surface area (Å²) in [6.07, 6.45) is -2.31. The Kier molecular flexibility index (Phi) is 5.04. The first-order chi connectivity index (χ1) is 12.3. The molecule has 0 saturated heterocycles. The van der Waals surface area contributed by atoms with Crippen LogP contribution in [0, 0.1) is 0 Å². The first-order valence-electron chi connectivity index (χ1n) is 7.91. The van der Waals surface area contributed by atoms with E-state index in [9.17, 15) is 23.1 Å². The van der Waals surface area contributed by atoms with Gasteiger partial charge in [-0.05, 0) is 49.9 Å². The summed E-state index contributed by atoms with van der Waals surface area (Å²) in [4.78, 5) is 18.9. The van der Waals surface area contributed by atoms with Crippen LogP contribution in [0.1, 0.15) is 41.7 Å². The molecule has 1 aliphatic carbocycles. The largest absolute Gasteiger partial charge is 0.477 e. The standard InChI is InChI=1S/C17H14ClF3N2O3/c18-10-7-5-9(6-8-10)14-22-13(17(19,20)21)12(16(24)25)15(23-14)26-11-3-1-2-4-11/h5-8,11H,1-4H2,(H,24,25). The molecule has 0 amide bonds. The summed E-state index contributed by atoms with van der Waals surface area (Å²) in [6, 6.07) is 5.88. The van der Waals surface area contributed by atoms with E-state index in [0.29, 0.717) is 17.9 Å². The molecule has 5 nitrogen and oxygen atoms in total. The minimum Gasteiger partial charge on any atom is -0.477 e. The van der Waals surface area contributed by atoms with Crippen LogP contribution in [0.25, 0.3) is 11.4 Å². The van der Waals surface area contributed by atoms with Crippen molar-refractivity contribution in [2.24, 2.45) is 0 Å². The van der Waals surface area contributed by atoms with Crippen LogP contribution in [-0.2, 0) is 6.18 Å². The number of benzene rings is 1. The van der Waals surface area contributed by atoms with Gasteiger partial charge in [-0.3, -0.25) is 0 Å². The molecule has 1 aromatic carbocycles. The second-order valence-corrected chi connectivity index (χ2v) is 6.35. The Morgan fingerprint density at radius 1 is 1.15 bits per heavy atom. The summed E-state index contributed by atoms with van der Waals surface area (Å²) in [5.41, 5.74) is -2.33. The Bertz CT molecular complexity index is 819. The average molecular weight is 387 g/mol. The fraction of sp³-hybridized carbons (Fsp3) is 0.353. The molecule has 1 saturated carbocycles. The highest BCUT2D eigenvalue weighted by molar-refractivity contribution is 6.30. The minimum absolute atomic E-state index is 0.271. The number of halogens is 4. The van der Waals surface area contributed by atoms with Gasteiger partial charge in [-0.1, -0.05) is 11.6 Å². The van der Waals surface area contributed by atoms with Crippen LogP contribution in [-0.4, -0.2) is 27.1 Å². The lowest BCUT2D eigenvalue weighted by molar-refractivity contribution is -0.141. The van der Waals surface area contributed by atoms with E-state index >= 15 is 0 Å². The van der Waals surface area contributed by atoms with Gasteiger partial charge in [0.1, 0.15) is 6.10 Å². The molecule has 1 aliphatic rings. The highest BCUT2D eigenvalue weighted by atomic mass is 35.5. The number of rotatable bonds is 4. The smallest absolute Gasteiger partial charge is 0.434 e. The van der Waals surface area contributed by atoms with E-state index in [2.05, 4.69) is 9.97 Å². The summed E-state index contributed by atoms with van der Waals surface area (Å²) in [6.45, 7) is 0. The number of carboxylic acid groups (broad SMARTS) is 1. The Labute approximate surface area is 151 Å². The lowest BCUT2D eigenvalue weighted by Gasteiger charge is -2.18. The molecule has 26 heavy (non-hydrogen) atoms. The first-order valence-corrected chi connectivity index (χ1v) is 8.28. The van der Waals surface area contributed by atoms with E-state index in [1.165, 1.54) is 24.3 Å². The molecule has 0 atom stereocenters. The second-order valence-electron chi connectivity index (χ2n) is 5.91. The van der Waals surface area contributed by atoms with E-state index in [-0.39, 0.29) is 17.5 Å². The fourth-order valence-corrected chi connectivity index (χ4v) is 2.94. The predicted octanol–water partition coefficient (Wildman–Crippen LogP) is 4.84. The normalized spacial score (nSPS) is 15.2. The molecule has 0 aliphatic heterocycles. The van der Waals surface area contributed by atoms with Crippen molar-refractivity contribution in [2.75, 3.05) is 0 Å². The number of aromatic nitrogens is 2. The van der Waals surface area contributed by atoms with E-state index in [4.69, 9.17) is 16.3 Å². The number of alkyl halides is 3. The molecular weight excluding hydrogens is 373 g/mol. The number of hydrogen-bond donors (Lipinski definition) is 1. The van der Waals surface area contributed by atoms with Gasteiger partial charge in [0.2, 0.25) is 5.88 Å². The van der Waals surface area contributed by atoms with Crippen LogP contribution in [0.5, 0.6) is 5.88 Å². The van der Waals surface area contributed by atoms with Gasteiger partial charge in [0.05, 0.1) is 0 Å². The molecule has 1 heterocycles. The Balaban J connectivity index is 2.16. The predicted molar refractivity (Wildman–Crippen MR) is 87.3 cm³/mol. The average Bonchev–Trinajstić information content (AvgIpc) is 3.06. The van der Waals surface area contributed by atoms with Crippen molar-refractivity contribution in [3.63, 3.8) is 0 Å². The maximum atomic E-state index is 13.4. The molecular formula is C17H14ClF3N2O3. The summed E-state index contributed by atoms with van der Waals surface area (Å²) in [5.74, 6) is -2.61. The van der Waals surface area contributed by atoms with Gasteiger partial charge < -0.3 is 9.84 Å². The monoisotopic (exact) mass is 386 g/mol. The third kappa shape index (κ3) is 3.90. The molecule has 3 rings (SSSR count). The van der Waals surface area contributed by atoms with E-state index < -0.39 is 29.3 Å². The number of nitrogens with zero attached hydrogens (tertiary/aromatic N) is 2. The highest BCUT2D eigenvalue weighted by Crippen LogP contribution is 2.37. The molecule has 0 bridgehead atoms. The Morgan fingerprint density at radius 3 is 2.31 bits per heavy atom. The fourth-order valence-electron chi connectivity index (χ4n) is 2.82. The van der Waals surface area contributed by atoms with Crippen molar-refractivity contribution < 1.29 is 27.8 Å². The van der Waals surface area contributed by atoms with Crippen molar-refractivity contribution in [1.82, 2.24) is 9.97 Å². The van der Waals surface area contributed by atoms with Gasteiger partial charge in [-0.15, -0.1) is 0 Å². The summed E-state index contributed by atoms with van der Waals surface area (Å²) >= 11 is 5.79. The maximum absolute atomic E-state index is 13.4. The number of ether oxygens (including phenoxy) is 1. The first kappa shape index (κ1) is 18.4. The van der Waals surface area contributed by atoms with E-state index in [0.717, 1.165) is 12.8 Å². The molecule has 0 unspecified atom stereocenters. The van der Waals surface area contributed by atoms with Crippen LogP contribution < -0.4 is 4.74 Å². The SMILES string of the molecule is O=C(O)c1c(OC2CCCC2)nc(-c2ccc(Cl)cc2)nc1C(F)(F)F. The van der Waals surface area contributed by atoms with E-state index in [1.807, 2.05) is 0 Å². The third-order valence-electron chi connectivity index (χ3n) is 4.04. The number of aromatic carboxylic acids is 1. The molecule has 0 spiro atoms. The number of hydrogen-bond acceptors (Lipinski definition) is 4. The van der Waals surface area contributed by atoms with Gasteiger partial charge >= 0.3 is 12.1 Å². The zero-order valence-corrected chi connectivity index (χ0v) is 14.1. The summed E-state index contributed by atoms with van der Waals surface area (Å²) < 4.78 is 45.8. The van der Waals surface area contributed by atoms with Crippen LogP contribution in [0.3, 0.4) is 0 Å². The second kappa shape index (κ2) is 7.11. The van der Waals surface area contributed by atoms with Gasteiger partial charge in [0, 0.05) is 10.6 Å². The van der Waals surface area contributed by atoms with Crippen LogP contribution in [0.15, 0.2) is 24.3 Å².